The van der Waals surface area contributed by atoms with Crippen molar-refractivity contribution in [3.8, 4) is 27.9 Å². The monoisotopic (exact) mass is 691 g/mol. The number of fused-ring (bicyclic) bond motifs is 3. The molecule has 0 aliphatic heterocycles. The van der Waals surface area contributed by atoms with Crippen LogP contribution in [0.2, 0.25) is 0 Å². The molecule has 2 atom stereocenters. The fraction of sp³-hybridized carbons (Fsp3) is 0.0870. The van der Waals surface area contributed by atoms with Crippen LogP contribution in [-0.4, -0.2) is 54.0 Å². The number of nitrogens with zero attached hydrogens (tertiary/aromatic N) is 3. The molecule has 7 aromatic rings. The minimum absolute atomic E-state index is 0.00971. The minimum Gasteiger partial charge on any atom is -0.376 e. The SMILES string of the molecule is [B]C(O)(O)C([B])([B])c1nc2ccccc2n1-c1ccccc1-c1ccc(C2=C3C=CC=CC3C(c3ccc(-c4cccnc4)cc3)c3ccccc32)cc1. The van der Waals surface area contributed by atoms with Gasteiger partial charge in [0.05, 0.1) is 32.4 Å². The van der Waals surface area contributed by atoms with E-state index in [9.17, 15) is 10.2 Å². The number of para-hydroxylation sites is 3. The van der Waals surface area contributed by atoms with Crippen LogP contribution in [0.25, 0.3) is 44.5 Å². The van der Waals surface area contributed by atoms with Gasteiger partial charge in [-0.2, -0.15) is 0 Å². The minimum atomic E-state index is -2.95. The van der Waals surface area contributed by atoms with E-state index in [0.717, 1.165) is 27.8 Å². The molecule has 0 saturated heterocycles. The highest BCUT2D eigenvalue weighted by Crippen LogP contribution is 2.50. The predicted octanol–water partition coefficient (Wildman–Crippen LogP) is 7.74. The Bertz CT molecular complexity index is 2620. The molecule has 2 unspecified atom stereocenters. The fourth-order valence-electron chi connectivity index (χ4n) is 8.01. The molecule has 2 N–H and O–H groups in total. The summed E-state index contributed by atoms with van der Waals surface area (Å²) in [6, 6.07) is 45.5. The van der Waals surface area contributed by atoms with Crippen LogP contribution >= 0.6 is 0 Å². The molecular formula is C46H32B3N3O2. The van der Waals surface area contributed by atoms with Crippen molar-refractivity contribution in [2.45, 2.75) is 16.8 Å². The van der Waals surface area contributed by atoms with E-state index in [-0.39, 0.29) is 17.7 Å². The van der Waals surface area contributed by atoms with Crippen molar-refractivity contribution >= 4 is 40.1 Å². The molecule has 2 heterocycles. The van der Waals surface area contributed by atoms with E-state index < -0.39 is 10.9 Å². The van der Waals surface area contributed by atoms with E-state index >= 15 is 0 Å². The summed E-state index contributed by atoms with van der Waals surface area (Å²) in [5.74, 6) is 0.310. The second-order valence-electron chi connectivity index (χ2n) is 14.0. The highest BCUT2D eigenvalue weighted by atomic mass is 16.5. The number of pyridine rings is 1. The smallest absolute Gasteiger partial charge is 0.152 e. The molecule has 8 heteroatoms. The summed E-state index contributed by atoms with van der Waals surface area (Å²) < 4.78 is 1.75. The second-order valence-corrected chi connectivity index (χ2v) is 14.0. The standard InChI is InChI=1S/C46H32B3N3O2/c47-45(48,46(49,53)54)44-51-39-16-6-8-18-41(39)52(44)40-17-7-5-11-34(40)30-21-25-32(26-22-30)43-37-14-3-1-12-35(37)42(36-13-2-4-15-38(36)43)31-23-19-29(20-24-31)33-10-9-27-50-28-33/h1-28,35,42,53-54H. The van der Waals surface area contributed by atoms with Gasteiger partial charge in [0.1, 0.15) is 11.5 Å². The number of rotatable bonds is 7. The maximum absolute atomic E-state index is 10.4. The summed E-state index contributed by atoms with van der Waals surface area (Å²) in [4.78, 5) is 8.94. The van der Waals surface area contributed by atoms with Crippen molar-refractivity contribution in [2.24, 2.45) is 5.92 Å². The third kappa shape index (κ3) is 5.61. The maximum Gasteiger partial charge on any atom is 0.152 e. The van der Waals surface area contributed by atoms with Crippen LogP contribution in [-0.2, 0) is 5.21 Å². The van der Waals surface area contributed by atoms with Gasteiger partial charge in [-0.05, 0) is 79.6 Å². The lowest BCUT2D eigenvalue weighted by Crippen LogP contribution is -2.54. The van der Waals surface area contributed by atoms with Gasteiger partial charge < -0.3 is 10.2 Å². The molecule has 0 saturated carbocycles. The molecular weight excluding hydrogens is 659 g/mol. The topological polar surface area (TPSA) is 71.2 Å². The molecule has 0 bridgehead atoms. The number of benzene rings is 5. The summed E-state index contributed by atoms with van der Waals surface area (Å²) in [6.07, 6.45) is 12.6. The van der Waals surface area contributed by atoms with Crippen molar-refractivity contribution in [1.29, 1.82) is 0 Å². The van der Waals surface area contributed by atoms with Crippen molar-refractivity contribution in [2.75, 3.05) is 0 Å². The van der Waals surface area contributed by atoms with Gasteiger partial charge in [-0.25, -0.2) is 4.98 Å². The first-order chi connectivity index (χ1) is 26.2. The summed E-state index contributed by atoms with van der Waals surface area (Å²) in [5, 5.41) is 18.6. The van der Waals surface area contributed by atoms with E-state index in [1.54, 1.807) is 10.8 Å². The maximum atomic E-state index is 10.4. The third-order valence-corrected chi connectivity index (χ3v) is 10.7. The van der Waals surface area contributed by atoms with Gasteiger partial charge in [-0.3, -0.25) is 9.55 Å². The van der Waals surface area contributed by atoms with Gasteiger partial charge in [-0.1, -0.05) is 133 Å². The number of aliphatic hydroxyl groups is 2. The van der Waals surface area contributed by atoms with Gasteiger partial charge in [0.15, 0.2) is 7.85 Å². The molecule has 5 nitrogen and oxygen atoms in total. The Morgan fingerprint density at radius 1 is 0.630 bits per heavy atom. The molecule has 9 rings (SSSR count). The average molecular weight is 691 g/mol. The molecule has 0 spiro atoms. The quantitative estimate of drug-likeness (QED) is 0.133. The van der Waals surface area contributed by atoms with E-state index in [1.807, 2.05) is 60.8 Å². The Morgan fingerprint density at radius 2 is 1.31 bits per heavy atom. The lowest BCUT2D eigenvalue weighted by molar-refractivity contribution is -0.100. The Kier molecular flexibility index (Phi) is 8.26. The molecule has 2 aromatic heterocycles. The zero-order chi connectivity index (χ0) is 37.0. The normalized spacial score (nSPS) is 16.7. The van der Waals surface area contributed by atoms with Crippen LogP contribution < -0.4 is 0 Å². The number of hydrogen-bond donors (Lipinski definition) is 2. The Hall–Kier alpha value is -5.95. The van der Waals surface area contributed by atoms with Crippen LogP contribution in [0.4, 0.5) is 0 Å². The van der Waals surface area contributed by atoms with E-state index in [0.29, 0.717) is 16.7 Å². The lowest BCUT2D eigenvalue weighted by Gasteiger charge is -2.37. The number of aromatic nitrogens is 3. The molecule has 0 fully saturated rings. The molecule has 252 valence electrons. The molecule has 5 aromatic carbocycles. The Morgan fingerprint density at radius 3 is 2.07 bits per heavy atom. The number of imidazole rings is 1. The first-order valence-electron chi connectivity index (χ1n) is 17.9. The van der Waals surface area contributed by atoms with Gasteiger partial charge in [0.25, 0.3) is 0 Å². The lowest BCUT2D eigenvalue weighted by atomic mass is 9.45. The fourth-order valence-corrected chi connectivity index (χ4v) is 8.01. The first kappa shape index (κ1) is 33.9. The summed E-state index contributed by atoms with van der Waals surface area (Å²) >= 11 is 0. The van der Waals surface area contributed by atoms with Crippen molar-refractivity contribution in [3.05, 3.63) is 204 Å². The first-order valence-corrected chi connectivity index (χ1v) is 17.9. The van der Waals surface area contributed by atoms with Gasteiger partial charge in [0, 0.05) is 29.8 Å². The van der Waals surface area contributed by atoms with Gasteiger partial charge in [-0.15, -0.1) is 0 Å². The van der Waals surface area contributed by atoms with Crippen LogP contribution in [0.3, 0.4) is 0 Å². The summed E-state index contributed by atoms with van der Waals surface area (Å²) in [5.41, 5.74) is 10.5. The van der Waals surface area contributed by atoms with Crippen LogP contribution in [0.15, 0.2) is 176 Å². The molecule has 54 heavy (non-hydrogen) atoms. The van der Waals surface area contributed by atoms with Crippen LogP contribution in [0.5, 0.6) is 0 Å². The van der Waals surface area contributed by atoms with Crippen molar-refractivity contribution in [3.63, 3.8) is 0 Å². The Labute approximate surface area is 318 Å². The zero-order valence-electron chi connectivity index (χ0n) is 29.3. The van der Waals surface area contributed by atoms with E-state index in [4.69, 9.17) is 23.5 Å². The summed E-state index contributed by atoms with van der Waals surface area (Å²) in [6.45, 7) is 0. The zero-order valence-corrected chi connectivity index (χ0v) is 29.3. The second kappa shape index (κ2) is 13.2. The largest absolute Gasteiger partial charge is 0.376 e. The summed E-state index contributed by atoms with van der Waals surface area (Å²) in [7, 11) is 18.4. The third-order valence-electron chi connectivity index (χ3n) is 10.7. The Balaban J connectivity index is 1.13. The van der Waals surface area contributed by atoms with E-state index in [2.05, 4.69) is 113 Å². The number of hydrogen-bond acceptors (Lipinski definition) is 4. The highest BCUT2D eigenvalue weighted by molar-refractivity contribution is 6.44. The predicted molar refractivity (Wildman–Crippen MR) is 218 cm³/mol. The molecule has 0 amide bonds. The number of allylic oxidation sites excluding steroid dienone is 5. The van der Waals surface area contributed by atoms with Crippen molar-refractivity contribution < 1.29 is 10.2 Å². The molecule has 2 aliphatic carbocycles. The van der Waals surface area contributed by atoms with Crippen LogP contribution in [0, 0.1) is 5.92 Å². The van der Waals surface area contributed by atoms with E-state index in [1.165, 1.54) is 27.8 Å². The highest BCUT2D eigenvalue weighted by Gasteiger charge is 2.41. The molecule has 2 aliphatic rings. The van der Waals surface area contributed by atoms with Gasteiger partial charge >= 0.3 is 0 Å². The van der Waals surface area contributed by atoms with Crippen molar-refractivity contribution in [1.82, 2.24) is 14.5 Å². The average Bonchev–Trinajstić information content (AvgIpc) is 3.60. The molecule has 6 radical (unpaired) electrons. The van der Waals surface area contributed by atoms with Gasteiger partial charge in [0.2, 0.25) is 0 Å². The van der Waals surface area contributed by atoms with Crippen LogP contribution in [0.1, 0.15) is 34.0 Å².